The standard InChI is InChI=1S/C16H22Cl2N2O3S/c1-12(2)3-6-16(21)19-7-9-20(10-8-19)24(22,23)15-11-13(17)4-5-14(15)18/h4-5,11-12H,3,6-10H2,1-2H3. The van der Waals surface area contributed by atoms with Crippen LogP contribution >= 0.6 is 23.2 Å². The van der Waals surface area contributed by atoms with E-state index in [1.807, 2.05) is 0 Å². The zero-order valence-electron chi connectivity index (χ0n) is 13.8. The highest BCUT2D eigenvalue weighted by Gasteiger charge is 2.31. The van der Waals surface area contributed by atoms with Crippen molar-refractivity contribution >= 4 is 39.1 Å². The lowest BCUT2D eigenvalue weighted by atomic mass is 10.1. The van der Waals surface area contributed by atoms with E-state index < -0.39 is 10.0 Å². The van der Waals surface area contributed by atoms with Crippen molar-refractivity contribution in [2.45, 2.75) is 31.6 Å². The summed E-state index contributed by atoms with van der Waals surface area (Å²) < 4.78 is 26.8. The Morgan fingerprint density at radius 2 is 1.79 bits per heavy atom. The SMILES string of the molecule is CC(C)CCC(=O)N1CCN(S(=O)(=O)c2cc(Cl)ccc2Cl)CC1. The van der Waals surface area contributed by atoms with E-state index in [2.05, 4.69) is 13.8 Å². The molecule has 0 atom stereocenters. The van der Waals surface area contributed by atoms with Crippen LogP contribution in [-0.4, -0.2) is 49.7 Å². The second kappa shape index (κ2) is 8.04. The summed E-state index contributed by atoms with van der Waals surface area (Å²) in [5, 5.41) is 0.468. The van der Waals surface area contributed by atoms with Gasteiger partial charge in [-0.2, -0.15) is 4.31 Å². The van der Waals surface area contributed by atoms with Gasteiger partial charge in [0.2, 0.25) is 15.9 Å². The van der Waals surface area contributed by atoms with Crippen LogP contribution in [0.2, 0.25) is 10.0 Å². The highest BCUT2D eigenvalue weighted by Crippen LogP contribution is 2.28. The van der Waals surface area contributed by atoms with Crippen LogP contribution in [0.5, 0.6) is 0 Å². The van der Waals surface area contributed by atoms with Gasteiger partial charge in [0, 0.05) is 37.6 Å². The van der Waals surface area contributed by atoms with Crippen molar-refractivity contribution < 1.29 is 13.2 Å². The number of benzene rings is 1. The number of carbonyl (C=O) groups excluding carboxylic acids is 1. The molecule has 1 amide bonds. The fourth-order valence-electron chi connectivity index (χ4n) is 2.56. The second-order valence-electron chi connectivity index (χ2n) is 6.29. The molecule has 1 heterocycles. The fourth-order valence-corrected chi connectivity index (χ4v) is 4.72. The minimum atomic E-state index is -3.71. The molecule has 0 spiro atoms. The van der Waals surface area contributed by atoms with E-state index in [1.165, 1.54) is 16.4 Å². The summed E-state index contributed by atoms with van der Waals surface area (Å²) in [5.41, 5.74) is 0. The van der Waals surface area contributed by atoms with E-state index in [4.69, 9.17) is 23.2 Å². The van der Waals surface area contributed by atoms with Crippen molar-refractivity contribution in [3.8, 4) is 0 Å². The number of sulfonamides is 1. The summed E-state index contributed by atoms with van der Waals surface area (Å²) in [5.74, 6) is 0.558. The molecule has 1 saturated heterocycles. The van der Waals surface area contributed by atoms with Crippen molar-refractivity contribution in [3.63, 3.8) is 0 Å². The highest BCUT2D eigenvalue weighted by atomic mass is 35.5. The highest BCUT2D eigenvalue weighted by molar-refractivity contribution is 7.89. The van der Waals surface area contributed by atoms with E-state index in [0.717, 1.165) is 6.42 Å². The van der Waals surface area contributed by atoms with Gasteiger partial charge < -0.3 is 4.90 Å². The molecular weight excluding hydrogens is 371 g/mol. The molecule has 24 heavy (non-hydrogen) atoms. The maximum absolute atomic E-state index is 12.7. The van der Waals surface area contributed by atoms with Gasteiger partial charge in [-0.15, -0.1) is 0 Å². The van der Waals surface area contributed by atoms with Crippen LogP contribution < -0.4 is 0 Å². The van der Waals surface area contributed by atoms with E-state index >= 15 is 0 Å². The number of hydrogen-bond donors (Lipinski definition) is 0. The van der Waals surface area contributed by atoms with E-state index in [9.17, 15) is 13.2 Å². The van der Waals surface area contributed by atoms with Crippen LogP contribution in [0, 0.1) is 5.92 Å². The Morgan fingerprint density at radius 1 is 1.17 bits per heavy atom. The number of halogens is 2. The Balaban J connectivity index is 2.03. The van der Waals surface area contributed by atoms with Gasteiger partial charge in [0.05, 0.1) is 5.02 Å². The summed E-state index contributed by atoms with van der Waals surface area (Å²) in [6, 6.07) is 4.39. The smallest absolute Gasteiger partial charge is 0.244 e. The molecule has 5 nitrogen and oxygen atoms in total. The van der Waals surface area contributed by atoms with Gasteiger partial charge in [-0.05, 0) is 30.5 Å². The van der Waals surface area contributed by atoms with Crippen molar-refractivity contribution in [1.29, 1.82) is 0 Å². The van der Waals surface area contributed by atoms with Gasteiger partial charge in [0.15, 0.2) is 0 Å². The molecular formula is C16H22Cl2N2O3S. The third kappa shape index (κ3) is 4.63. The number of piperazine rings is 1. The number of rotatable bonds is 5. The average Bonchev–Trinajstić information content (AvgIpc) is 2.54. The number of carbonyl (C=O) groups is 1. The van der Waals surface area contributed by atoms with Crippen LogP contribution in [0.15, 0.2) is 23.1 Å². The molecule has 1 fully saturated rings. The Hall–Kier alpha value is -0.820. The predicted molar refractivity (Wildman–Crippen MR) is 95.9 cm³/mol. The van der Waals surface area contributed by atoms with Gasteiger partial charge in [0.25, 0.3) is 0 Å². The molecule has 1 aromatic carbocycles. The molecule has 0 bridgehead atoms. The van der Waals surface area contributed by atoms with Crippen molar-refractivity contribution in [2.24, 2.45) is 5.92 Å². The molecule has 0 N–H and O–H groups in total. The van der Waals surface area contributed by atoms with Crippen molar-refractivity contribution in [1.82, 2.24) is 9.21 Å². The molecule has 2 rings (SSSR count). The predicted octanol–water partition coefficient (Wildman–Crippen LogP) is 3.26. The summed E-state index contributed by atoms with van der Waals surface area (Å²) in [6.45, 7) is 5.47. The minimum absolute atomic E-state index is 0.0104. The van der Waals surface area contributed by atoms with Crippen LogP contribution in [-0.2, 0) is 14.8 Å². The largest absolute Gasteiger partial charge is 0.340 e. The van der Waals surface area contributed by atoms with Gasteiger partial charge >= 0.3 is 0 Å². The summed E-state index contributed by atoms with van der Waals surface area (Å²) in [4.78, 5) is 13.9. The fraction of sp³-hybridized carbons (Fsp3) is 0.562. The molecule has 0 aliphatic carbocycles. The number of amides is 1. The van der Waals surface area contributed by atoms with E-state index in [0.29, 0.717) is 30.5 Å². The lowest BCUT2D eigenvalue weighted by Crippen LogP contribution is -2.50. The maximum atomic E-state index is 12.7. The topological polar surface area (TPSA) is 57.7 Å². The third-order valence-corrected chi connectivity index (χ3v) is 6.65. The normalized spacial score (nSPS) is 16.6. The quantitative estimate of drug-likeness (QED) is 0.772. The first-order valence-electron chi connectivity index (χ1n) is 7.95. The van der Waals surface area contributed by atoms with Gasteiger partial charge in [-0.25, -0.2) is 8.42 Å². The Kier molecular flexibility index (Phi) is 6.53. The lowest BCUT2D eigenvalue weighted by molar-refractivity contribution is -0.132. The molecule has 1 aromatic rings. The average molecular weight is 393 g/mol. The zero-order valence-corrected chi connectivity index (χ0v) is 16.2. The molecule has 0 unspecified atom stereocenters. The molecule has 0 saturated carbocycles. The van der Waals surface area contributed by atoms with Crippen molar-refractivity contribution in [2.75, 3.05) is 26.2 Å². The van der Waals surface area contributed by atoms with Gasteiger partial charge in [-0.3, -0.25) is 4.79 Å². The number of nitrogens with zero attached hydrogens (tertiary/aromatic N) is 2. The molecule has 1 aliphatic rings. The zero-order chi connectivity index (χ0) is 17.9. The molecule has 1 aliphatic heterocycles. The first-order valence-corrected chi connectivity index (χ1v) is 10.1. The maximum Gasteiger partial charge on any atom is 0.244 e. The monoisotopic (exact) mass is 392 g/mol. The van der Waals surface area contributed by atoms with Gasteiger partial charge in [0.1, 0.15) is 4.90 Å². The first-order chi connectivity index (χ1) is 11.2. The van der Waals surface area contributed by atoms with Crippen LogP contribution in [0.1, 0.15) is 26.7 Å². The Labute approximate surface area is 153 Å². The molecule has 0 radical (unpaired) electrons. The summed E-state index contributed by atoms with van der Waals surface area (Å²) in [6.07, 6.45) is 1.35. The Morgan fingerprint density at radius 3 is 2.38 bits per heavy atom. The van der Waals surface area contributed by atoms with Crippen LogP contribution in [0.4, 0.5) is 0 Å². The summed E-state index contributed by atoms with van der Waals surface area (Å²) >= 11 is 11.9. The Bertz CT molecular complexity index is 699. The van der Waals surface area contributed by atoms with Gasteiger partial charge in [-0.1, -0.05) is 37.0 Å². The third-order valence-electron chi connectivity index (χ3n) is 4.04. The van der Waals surface area contributed by atoms with Crippen LogP contribution in [0.3, 0.4) is 0 Å². The first kappa shape index (κ1) is 19.5. The van der Waals surface area contributed by atoms with E-state index in [1.54, 1.807) is 11.0 Å². The minimum Gasteiger partial charge on any atom is -0.340 e. The second-order valence-corrected chi connectivity index (χ2v) is 9.04. The van der Waals surface area contributed by atoms with Crippen LogP contribution in [0.25, 0.3) is 0 Å². The lowest BCUT2D eigenvalue weighted by Gasteiger charge is -2.34. The summed E-state index contributed by atoms with van der Waals surface area (Å²) in [7, 11) is -3.71. The molecule has 8 heteroatoms. The number of hydrogen-bond acceptors (Lipinski definition) is 3. The van der Waals surface area contributed by atoms with E-state index in [-0.39, 0.29) is 28.9 Å². The molecule has 0 aromatic heterocycles. The van der Waals surface area contributed by atoms with Crippen molar-refractivity contribution in [3.05, 3.63) is 28.2 Å². The molecule has 134 valence electrons.